The van der Waals surface area contributed by atoms with Gasteiger partial charge in [0.05, 0.1) is 30.0 Å². The van der Waals surface area contributed by atoms with Crippen molar-refractivity contribution in [2.24, 2.45) is 0 Å². The third-order valence-corrected chi connectivity index (χ3v) is 10.8. The molecule has 4 aromatic rings. The standard InChI is InChI=1S/C41H42N6O7/c1-41(2,25-3-8-30(9-4-25)53-23-29-22-36(43-24-42-29)46-15-17-52-18-16-46)26-5-10-31(11-6-26)54-32-19-28(20-32)44-27-7-12-33-34(21-27)40(51)47(39(33)50)35-13-14-37(48)45-38(35)49/h3-12,21-22,24,28,32,35,44H,13-20,23H2,1-2H3,(H,45,48,49). The second-order valence-electron chi connectivity index (χ2n) is 14.7. The van der Waals surface area contributed by atoms with Gasteiger partial charge in [-0.2, -0.15) is 0 Å². The first-order chi connectivity index (χ1) is 26.1. The van der Waals surface area contributed by atoms with Crippen molar-refractivity contribution < 1.29 is 33.4 Å². The minimum Gasteiger partial charge on any atom is -0.490 e. The number of rotatable bonds is 11. The first kappa shape index (κ1) is 35.2. The lowest BCUT2D eigenvalue weighted by Gasteiger charge is -2.36. The lowest BCUT2D eigenvalue weighted by atomic mass is 9.78. The molecule has 8 rings (SSSR count). The molecule has 54 heavy (non-hydrogen) atoms. The van der Waals surface area contributed by atoms with Crippen LogP contribution in [0, 0.1) is 0 Å². The van der Waals surface area contributed by atoms with Gasteiger partial charge in [-0.15, -0.1) is 0 Å². The summed E-state index contributed by atoms with van der Waals surface area (Å²) in [4.78, 5) is 62.1. The highest BCUT2D eigenvalue weighted by Gasteiger charge is 2.45. The van der Waals surface area contributed by atoms with Crippen molar-refractivity contribution in [3.63, 3.8) is 0 Å². The number of carbonyl (C=O) groups excluding carboxylic acids is 4. The molecule has 1 aromatic heterocycles. The Labute approximate surface area is 313 Å². The van der Waals surface area contributed by atoms with Crippen molar-refractivity contribution in [3.05, 3.63) is 107 Å². The van der Waals surface area contributed by atoms with Crippen LogP contribution in [-0.2, 0) is 26.3 Å². The monoisotopic (exact) mass is 730 g/mol. The average molecular weight is 731 g/mol. The molecule has 0 spiro atoms. The predicted molar refractivity (Wildman–Crippen MR) is 199 cm³/mol. The van der Waals surface area contributed by atoms with E-state index in [1.807, 2.05) is 30.3 Å². The first-order valence-corrected chi connectivity index (χ1v) is 18.4. The van der Waals surface area contributed by atoms with Crippen molar-refractivity contribution in [1.82, 2.24) is 20.2 Å². The van der Waals surface area contributed by atoms with Gasteiger partial charge in [-0.05, 0) is 60.0 Å². The number of hydrogen-bond acceptors (Lipinski definition) is 11. The maximum Gasteiger partial charge on any atom is 0.262 e. The van der Waals surface area contributed by atoms with Crippen molar-refractivity contribution in [2.45, 2.75) is 69.7 Å². The zero-order chi connectivity index (χ0) is 37.4. The molecular formula is C41H42N6O7. The van der Waals surface area contributed by atoms with Crippen molar-refractivity contribution in [1.29, 1.82) is 0 Å². The fourth-order valence-corrected chi connectivity index (χ4v) is 7.44. The number of benzene rings is 3. The summed E-state index contributed by atoms with van der Waals surface area (Å²) >= 11 is 0. The largest absolute Gasteiger partial charge is 0.490 e. The summed E-state index contributed by atoms with van der Waals surface area (Å²) in [5, 5.41) is 5.67. The second-order valence-corrected chi connectivity index (χ2v) is 14.7. The summed E-state index contributed by atoms with van der Waals surface area (Å²) in [7, 11) is 0. The number of ether oxygens (including phenoxy) is 3. The highest BCUT2D eigenvalue weighted by Crippen LogP contribution is 2.36. The smallest absolute Gasteiger partial charge is 0.262 e. The van der Waals surface area contributed by atoms with Gasteiger partial charge < -0.3 is 24.4 Å². The van der Waals surface area contributed by atoms with E-state index in [4.69, 9.17) is 14.2 Å². The molecule has 1 aliphatic carbocycles. The van der Waals surface area contributed by atoms with E-state index in [0.29, 0.717) is 19.8 Å². The highest BCUT2D eigenvalue weighted by molar-refractivity contribution is 6.23. The van der Waals surface area contributed by atoms with Crippen molar-refractivity contribution in [2.75, 3.05) is 36.5 Å². The Hall–Kier alpha value is -5.82. The Morgan fingerprint density at radius 1 is 0.852 bits per heavy atom. The summed E-state index contributed by atoms with van der Waals surface area (Å²) in [5.41, 5.74) is 4.14. The minimum absolute atomic E-state index is 0.0443. The van der Waals surface area contributed by atoms with Crippen LogP contribution in [0.5, 0.6) is 11.5 Å². The number of fused-ring (bicyclic) bond motifs is 1. The lowest BCUT2D eigenvalue weighted by Crippen LogP contribution is -2.54. The second kappa shape index (κ2) is 14.5. The van der Waals surface area contributed by atoms with E-state index in [1.165, 1.54) is 0 Å². The van der Waals surface area contributed by atoms with E-state index >= 15 is 0 Å². The number of carbonyl (C=O) groups is 4. The van der Waals surface area contributed by atoms with Gasteiger partial charge >= 0.3 is 0 Å². The Bertz CT molecular complexity index is 2070. The fourth-order valence-electron chi connectivity index (χ4n) is 7.44. The topological polar surface area (TPSA) is 152 Å². The Morgan fingerprint density at radius 2 is 1.54 bits per heavy atom. The molecule has 4 amide bonds. The third-order valence-electron chi connectivity index (χ3n) is 10.8. The van der Waals surface area contributed by atoms with Crippen molar-refractivity contribution in [3.8, 4) is 11.5 Å². The molecule has 13 heteroatoms. The predicted octanol–water partition coefficient (Wildman–Crippen LogP) is 4.64. The fraction of sp³-hybridized carbons (Fsp3) is 0.366. The van der Waals surface area contributed by atoms with E-state index in [1.54, 1.807) is 24.5 Å². The summed E-state index contributed by atoms with van der Waals surface area (Å²) < 4.78 is 17.8. The number of nitrogens with zero attached hydrogens (tertiary/aromatic N) is 4. The van der Waals surface area contributed by atoms with Gasteiger partial charge in [-0.1, -0.05) is 38.1 Å². The molecule has 1 saturated carbocycles. The summed E-state index contributed by atoms with van der Waals surface area (Å²) in [6.45, 7) is 7.78. The van der Waals surface area contributed by atoms with Crippen LogP contribution in [0.15, 0.2) is 79.1 Å². The minimum atomic E-state index is -0.986. The molecule has 3 aliphatic heterocycles. The summed E-state index contributed by atoms with van der Waals surface area (Å²) in [5.74, 6) is 0.413. The first-order valence-electron chi connectivity index (χ1n) is 18.4. The van der Waals surface area contributed by atoms with Gasteiger partial charge in [0.25, 0.3) is 11.8 Å². The van der Waals surface area contributed by atoms with E-state index < -0.39 is 29.7 Å². The van der Waals surface area contributed by atoms with Crippen LogP contribution in [0.1, 0.15) is 77.1 Å². The molecule has 4 heterocycles. The lowest BCUT2D eigenvalue weighted by molar-refractivity contribution is -0.136. The number of piperidine rings is 1. The quantitative estimate of drug-likeness (QED) is 0.208. The van der Waals surface area contributed by atoms with Crippen LogP contribution < -0.4 is 25.0 Å². The van der Waals surface area contributed by atoms with E-state index in [0.717, 1.165) is 70.7 Å². The number of morpholine rings is 1. The van der Waals surface area contributed by atoms with Gasteiger partial charge in [0.1, 0.15) is 42.4 Å². The number of nitrogens with one attached hydrogen (secondary N) is 2. The number of imide groups is 2. The zero-order valence-corrected chi connectivity index (χ0v) is 30.2. The number of anilines is 2. The Morgan fingerprint density at radius 3 is 2.24 bits per heavy atom. The summed E-state index contributed by atoms with van der Waals surface area (Å²) in [6.07, 6.45) is 3.39. The molecule has 0 radical (unpaired) electrons. The molecule has 4 aliphatic rings. The zero-order valence-electron chi connectivity index (χ0n) is 30.2. The normalized spacial score (nSPS) is 21.3. The summed E-state index contributed by atoms with van der Waals surface area (Å²) in [6, 6.07) is 22.6. The Kier molecular flexibility index (Phi) is 9.49. The van der Waals surface area contributed by atoms with Crippen LogP contribution >= 0.6 is 0 Å². The number of aromatic nitrogens is 2. The molecule has 1 unspecified atom stereocenters. The molecule has 2 N–H and O–H groups in total. The van der Waals surface area contributed by atoms with Crippen LogP contribution in [0.3, 0.4) is 0 Å². The van der Waals surface area contributed by atoms with Crippen LogP contribution in [0.2, 0.25) is 0 Å². The molecule has 2 saturated heterocycles. The van der Waals surface area contributed by atoms with Crippen LogP contribution in [0.25, 0.3) is 0 Å². The highest BCUT2D eigenvalue weighted by atomic mass is 16.5. The van der Waals surface area contributed by atoms with Gasteiger partial charge in [-0.25, -0.2) is 9.97 Å². The van der Waals surface area contributed by atoms with E-state index in [2.05, 4.69) is 63.6 Å². The average Bonchev–Trinajstić information content (AvgIpc) is 3.42. The van der Waals surface area contributed by atoms with Gasteiger partial charge in [0.2, 0.25) is 11.8 Å². The maximum absolute atomic E-state index is 13.2. The molecular weight excluding hydrogens is 688 g/mol. The van der Waals surface area contributed by atoms with Gasteiger partial charge in [0, 0.05) is 55.6 Å². The SMILES string of the molecule is CC(C)(c1ccc(OCc2cc(N3CCOCC3)ncn2)cc1)c1ccc(OC2CC(Nc3ccc4c(c3)C(=O)N(C3CCC(=O)NC3=O)C4=O)C2)cc1. The van der Waals surface area contributed by atoms with Crippen molar-refractivity contribution >= 4 is 35.1 Å². The molecule has 1 atom stereocenters. The maximum atomic E-state index is 13.2. The molecule has 3 aromatic carbocycles. The number of amides is 4. The van der Waals surface area contributed by atoms with E-state index in [9.17, 15) is 19.2 Å². The van der Waals surface area contributed by atoms with Gasteiger partial charge in [0.15, 0.2) is 0 Å². The van der Waals surface area contributed by atoms with E-state index in [-0.39, 0.29) is 41.5 Å². The molecule has 0 bridgehead atoms. The number of hydrogen-bond donors (Lipinski definition) is 2. The van der Waals surface area contributed by atoms with Gasteiger partial charge in [-0.3, -0.25) is 29.4 Å². The van der Waals surface area contributed by atoms with Crippen LogP contribution in [0.4, 0.5) is 11.5 Å². The van der Waals surface area contributed by atoms with Crippen LogP contribution in [-0.4, -0.2) is 83.0 Å². The molecule has 13 nitrogen and oxygen atoms in total. The molecule has 3 fully saturated rings. The Balaban J connectivity index is 0.815. The third kappa shape index (κ3) is 7.11. The molecule has 278 valence electrons.